The van der Waals surface area contributed by atoms with Crippen LogP contribution in [-0.4, -0.2) is 0 Å². The van der Waals surface area contributed by atoms with Crippen LogP contribution in [0.2, 0.25) is 0 Å². The zero-order chi connectivity index (χ0) is 3.41. The Morgan fingerprint density at radius 2 is 0.875 bits per heavy atom. The molecular weight excluding hydrogens is 491 g/mol. The van der Waals surface area contributed by atoms with E-state index in [0.29, 0.717) is 0 Å². The first-order valence-corrected chi connectivity index (χ1v) is 7.42. The van der Waals surface area contributed by atoms with Gasteiger partial charge in [-0.3, -0.25) is 0 Å². The Kier molecular flexibility index (Phi) is 113. The summed E-state index contributed by atoms with van der Waals surface area (Å²) in [6.07, 6.45) is 0. The molecule has 0 amide bonds. The SMILES string of the molecule is [Co].[Co].[Mo][S][S][Mo].[Ni].[Ni]. The molecule has 0 heterocycles. The van der Waals surface area contributed by atoms with E-state index in [1.165, 1.54) is 0 Å². The van der Waals surface area contributed by atoms with E-state index in [9.17, 15) is 0 Å². The molecule has 0 fully saturated rings. The Bertz CT molecular complexity index is 18.0. The van der Waals surface area contributed by atoms with Crippen molar-refractivity contribution in [3.05, 3.63) is 0 Å². The molecule has 0 unspecified atom stereocenters. The van der Waals surface area contributed by atoms with Crippen molar-refractivity contribution >= 4 is 17.0 Å². The Morgan fingerprint density at radius 1 is 0.750 bits per heavy atom. The van der Waals surface area contributed by atoms with Gasteiger partial charge in [-0.15, -0.1) is 0 Å². The molecule has 0 saturated carbocycles. The Labute approximate surface area is 118 Å². The van der Waals surface area contributed by atoms with Gasteiger partial charge < -0.3 is 0 Å². The maximum atomic E-state index is 2.01. The third-order valence-corrected chi connectivity index (χ3v) is 8.75. The van der Waals surface area contributed by atoms with Crippen molar-refractivity contribution in [3.63, 3.8) is 0 Å². The summed E-state index contributed by atoms with van der Waals surface area (Å²) in [5, 5.41) is 0. The predicted molar refractivity (Wildman–Crippen MR) is 15.2 cm³/mol. The summed E-state index contributed by atoms with van der Waals surface area (Å²) in [6, 6.07) is 0. The molecule has 0 rings (SSSR count). The van der Waals surface area contributed by atoms with Crippen LogP contribution < -0.4 is 0 Å². The van der Waals surface area contributed by atoms with E-state index in [-0.39, 0.29) is 66.5 Å². The average molecular weight is 491 g/mol. The summed E-state index contributed by atoms with van der Waals surface area (Å²) in [5.41, 5.74) is 0. The standard InChI is InChI=1S/2Co.2Mo.2Ni.S2/c;;;;;;1-2/q;;2*+1;;;-2. The van der Waals surface area contributed by atoms with Gasteiger partial charge in [0.2, 0.25) is 0 Å². The van der Waals surface area contributed by atoms with E-state index in [1.807, 2.05) is 37.1 Å². The van der Waals surface area contributed by atoms with Crippen LogP contribution in [0.15, 0.2) is 0 Å². The first-order chi connectivity index (χ1) is 1.91. The van der Waals surface area contributed by atoms with Gasteiger partial charge in [-0.25, -0.2) is 0 Å². The first-order valence-electron chi connectivity index (χ1n) is 0.500. The molecule has 0 aromatic heterocycles. The van der Waals surface area contributed by atoms with Gasteiger partial charge in [-0.1, -0.05) is 0 Å². The van der Waals surface area contributed by atoms with E-state index in [4.69, 9.17) is 0 Å². The summed E-state index contributed by atoms with van der Waals surface area (Å²) >= 11 is 4.01. The fourth-order valence-electron chi connectivity index (χ4n) is 0. The maximum absolute atomic E-state index is 2.01. The topological polar surface area (TPSA) is 0 Å². The van der Waals surface area contributed by atoms with Crippen LogP contribution in [0.1, 0.15) is 0 Å². The summed E-state index contributed by atoms with van der Waals surface area (Å²) in [7, 11) is 3.58. The summed E-state index contributed by atoms with van der Waals surface area (Å²) in [4.78, 5) is 0. The minimum Gasteiger partial charge on any atom is 0 e. The second-order valence-corrected chi connectivity index (χ2v) is 7.25. The third kappa shape index (κ3) is 32.2. The molecule has 0 aliphatic carbocycles. The normalized spacial score (nSPS) is 3.50. The molecule has 8 heavy (non-hydrogen) atoms. The smallest absolute Gasteiger partial charge is 0 e. The fourth-order valence-corrected chi connectivity index (χ4v) is 0. The molecular formula is Co2Mo2Ni2S2. The van der Waals surface area contributed by atoms with Crippen LogP contribution in [0, 0.1) is 0 Å². The summed E-state index contributed by atoms with van der Waals surface area (Å²) in [6.45, 7) is 0. The Hall–Kier alpha value is 4.08. The largest absolute Gasteiger partial charge is 0 e. The summed E-state index contributed by atoms with van der Waals surface area (Å²) in [5.74, 6) is 0. The van der Waals surface area contributed by atoms with Gasteiger partial charge >= 0.3 is 54.1 Å². The van der Waals surface area contributed by atoms with E-state index in [2.05, 4.69) is 0 Å². The van der Waals surface area contributed by atoms with Crippen LogP contribution in [-0.2, 0) is 104 Å². The molecule has 0 aliphatic heterocycles. The average Bonchev–Trinajstić information content (AvgIpc) is 1.37. The van der Waals surface area contributed by atoms with Gasteiger partial charge in [0.15, 0.2) is 0 Å². The molecule has 0 atom stereocenters. The molecule has 0 N–H and O–H groups in total. The van der Waals surface area contributed by atoms with Crippen molar-refractivity contribution in [2.45, 2.75) is 0 Å². The minimum atomic E-state index is 0. The van der Waals surface area contributed by atoms with Gasteiger partial charge in [-0.05, 0) is 0 Å². The quantitative estimate of drug-likeness (QED) is 0.401. The molecule has 8 heteroatoms. The summed E-state index contributed by atoms with van der Waals surface area (Å²) < 4.78 is 0. The third-order valence-electron chi connectivity index (χ3n) is 0.0278. The fraction of sp³-hybridized carbons (Fsp3) is 0. The van der Waals surface area contributed by atoms with Crippen molar-refractivity contribution in [1.82, 2.24) is 0 Å². The number of hydrogen-bond acceptors (Lipinski definition) is 2. The predicted octanol–water partition coefficient (Wildman–Crippen LogP) is 1.28. The molecule has 2 radical (unpaired) electrons. The maximum Gasteiger partial charge on any atom is 0 e. The van der Waals surface area contributed by atoms with Crippen molar-refractivity contribution < 1.29 is 104 Å². The molecule has 0 spiro atoms. The van der Waals surface area contributed by atoms with Crippen molar-refractivity contribution in [2.75, 3.05) is 0 Å². The molecule has 0 nitrogen and oxygen atoms in total. The zero-order valence-corrected chi connectivity index (χ0v) is 12.6. The van der Waals surface area contributed by atoms with Crippen molar-refractivity contribution in [1.29, 1.82) is 0 Å². The van der Waals surface area contributed by atoms with Gasteiger partial charge in [0.1, 0.15) is 0 Å². The second-order valence-electron chi connectivity index (χ2n) is 0.136. The van der Waals surface area contributed by atoms with Crippen LogP contribution in [0.5, 0.6) is 0 Å². The van der Waals surface area contributed by atoms with Crippen LogP contribution in [0.25, 0.3) is 0 Å². The molecule has 0 aromatic rings. The number of hydrogen-bond donors (Lipinski definition) is 0. The molecule has 0 aliphatic rings. The molecule has 0 saturated heterocycles. The van der Waals surface area contributed by atoms with Gasteiger partial charge in [-0.2, -0.15) is 0 Å². The van der Waals surface area contributed by atoms with Gasteiger partial charge in [0, 0.05) is 66.5 Å². The molecule has 0 aromatic carbocycles. The van der Waals surface area contributed by atoms with E-state index in [1.54, 1.807) is 17.0 Å². The Balaban J connectivity index is -0.00000000750. The van der Waals surface area contributed by atoms with Crippen molar-refractivity contribution in [3.8, 4) is 0 Å². The van der Waals surface area contributed by atoms with E-state index < -0.39 is 0 Å². The minimum absolute atomic E-state index is 0. The van der Waals surface area contributed by atoms with E-state index in [0.717, 1.165) is 0 Å². The number of rotatable bonds is 1. The second kappa shape index (κ2) is 30.5. The Morgan fingerprint density at radius 3 is 0.875 bits per heavy atom. The monoisotopic (exact) mass is 493 g/mol. The zero-order valence-electron chi connectivity index (χ0n) is 2.93. The van der Waals surface area contributed by atoms with E-state index >= 15 is 0 Å². The molecule has 62 valence electrons. The van der Waals surface area contributed by atoms with Crippen LogP contribution in [0.4, 0.5) is 0 Å². The van der Waals surface area contributed by atoms with Crippen LogP contribution >= 0.6 is 17.0 Å². The van der Waals surface area contributed by atoms with Crippen LogP contribution in [0.3, 0.4) is 0 Å². The van der Waals surface area contributed by atoms with Gasteiger partial charge in [0.05, 0.1) is 0 Å². The van der Waals surface area contributed by atoms with Gasteiger partial charge in [0.25, 0.3) is 0 Å². The van der Waals surface area contributed by atoms with Crippen molar-refractivity contribution in [2.24, 2.45) is 0 Å². The molecule has 0 bridgehead atoms. The first kappa shape index (κ1) is 29.6.